The number of nitrogens with zero attached hydrogens (tertiary/aromatic N) is 1. The molecular formula is C15H23N3O. The molecule has 3 rings (SSSR count). The average Bonchev–Trinajstić information content (AvgIpc) is 3.30. The highest BCUT2D eigenvalue weighted by Gasteiger charge is 2.31. The van der Waals surface area contributed by atoms with Gasteiger partial charge in [0.05, 0.1) is 0 Å². The van der Waals surface area contributed by atoms with Gasteiger partial charge in [0.2, 0.25) is 5.91 Å². The maximum absolute atomic E-state index is 11.6. The van der Waals surface area contributed by atoms with Gasteiger partial charge in [-0.3, -0.25) is 4.79 Å². The fourth-order valence-corrected chi connectivity index (χ4v) is 2.64. The highest BCUT2D eigenvalue weighted by atomic mass is 16.1. The highest BCUT2D eigenvalue weighted by molar-refractivity contribution is 5.76. The predicted octanol–water partition coefficient (Wildman–Crippen LogP) is 1.83. The van der Waals surface area contributed by atoms with E-state index in [1.807, 2.05) is 7.05 Å². The molecule has 2 aliphatic rings. The summed E-state index contributed by atoms with van der Waals surface area (Å²) in [6.07, 6.45) is 9.84. The van der Waals surface area contributed by atoms with E-state index in [2.05, 4.69) is 33.7 Å². The average molecular weight is 261 g/mol. The van der Waals surface area contributed by atoms with E-state index in [9.17, 15) is 4.79 Å². The molecule has 0 radical (unpaired) electrons. The maximum Gasteiger partial charge on any atom is 0.222 e. The molecule has 2 saturated carbocycles. The number of amides is 1. The number of carbonyl (C=O) groups is 1. The summed E-state index contributed by atoms with van der Waals surface area (Å²) >= 11 is 0. The van der Waals surface area contributed by atoms with Crippen LogP contribution in [0.4, 0.5) is 0 Å². The Morgan fingerprint density at radius 3 is 2.84 bits per heavy atom. The van der Waals surface area contributed by atoms with Crippen LogP contribution >= 0.6 is 0 Å². The second-order valence-electron chi connectivity index (χ2n) is 5.88. The van der Waals surface area contributed by atoms with Crippen molar-refractivity contribution in [1.82, 2.24) is 15.2 Å². The normalized spacial score (nSPS) is 20.3. The van der Waals surface area contributed by atoms with Gasteiger partial charge in [-0.15, -0.1) is 0 Å². The number of hydrogen-bond acceptors (Lipinski definition) is 2. The van der Waals surface area contributed by atoms with Crippen LogP contribution in [-0.4, -0.2) is 23.6 Å². The molecule has 1 aromatic rings. The largest absolute Gasteiger partial charge is 0.353 e. The zero-order valence-corrected chi connectivity index (χ0v) is 11.6. The minimum absolute atomic E-state index is 0.185. The smallest absolute Gasteiger partial charge is 0.222 e. The zero-order chi connectivity index (χ0) is 13.2. The molecule has 1 amide bonds. The van der Waals surface area contributed by atoms with Crippen molar-refractivity contribution in [2.45, 2.75) is 50.7 Å². The monoisotopic (exact) mass is 261 g/mol. The van der Waals surface area contributed by atoms with Gasteiger partial charge in [0.15, 0.2) is 0 Å². The van der Waals surface area contributed by atoms with Crippen LogP contribution in [0.3, 0.4) is 0 Å². The lowest BCUT2D eigenvalue weighted by Crippen LogP contribution is -2.26. The van der Waals surface area contributed by atoms with Gasteiger partial charge in [-0.1, -0.05) is 0 Å². The lowest BCUT2D eigenvalue weighted by Gasteiger charge is -2.13. The Kier molecular flexibility index (Phi) is 3.60. The third-order valence-electron chi connectivity index (χ3n) is 4.08. The molecule has 104 valence electrons. The Morgan fingerprint density at radius 1 is 1.42 bits per heavy atom. The number of rotatable bonds is 7. The number of aryl methyl sites for hydroxylation is 1. The van der Waals surface area contributed by atoms with Crippen molar-refractivity contribution in [3.05, 3.63) is 24.0 Å². The molecule has 0 spiro atoms. The van der Waals surface area contributed by atoms with Gasteiger partial charge in [-0.25, -0.2) is 0 Å². The van der Waals surface area contributed by atoms with E-state index in [0.717, 1.165) is 25.3 Å². The Morgan fingerprint density at radius 2 is 2.21 bits per heavy atom. The van der Waals surface area contributed by atoms with Crippen LogP contribution in [0.5, 0.6) is 0 Å². The highest BCUT2D eigenvalue weighted by Crippen LogP contribution is 2.40. The molecule has 0 aliphatic heterocycles. The fraction of sp³-hybridized carbons (Fsp3) is 0.667. The standard InChI is InChI=1S/C15H23N3O/c1-16-15(11-2-3-11)12-6-8-18(10-12)9-7-14(19)17-13-4-5-13/h6,8,10-11,13,15-16H,2-5,7,9H2,1H3,(H,17,19). The molecule has 1 atom stereocenters. The van der Waals surface area contributed by atoms with Crippen molar-refractivity contribution in [2.75, 3.05) is 7.05 Å². The van der Waals surface area contributed by atoms with Gasteiger partial charge >= 0.3 is 0 Å². The van der Waals surface area contributed by atoms with Crippen LogP contribution in [0, 0.1) is 5.92 Å². The minimum Gasteiger partial charge on any atom is -0.353 e. The molecule has 0 aromatic carbocycles. The summed E-state index contributed by atoms with van der Waals surface area (Å²) in [5, 5.41) is 6.43. The van der Waals surface area contributed by atoms with Gasteiger partial charge in [-0.05, 0) is 50.3 Å². The van der Waals surface area contributed by atoms with Gasteiger partial charge < -0.3 is 15.2 Å². The molecule has 1 aromatic heterocycles. The third-order valence-corrected chi connectivity index (χ3v) is 4.08. The Bertz CT molecular complexity index is 446. The molecule has 1 unspecified atom stereocenters. The number of aromatic nitrogens is 1. The summed E-state index contributed by atoms with van der Waals surface area (Å²) in [4.78, 5) is 11.6. The summed E-state index contributed by atoms with van der Waals surface area (Å²) in [6, 6.07) is 3.14. The Hall–Kier alpha value is -1.29. The minimum atomic E-state index is 0.185. The number of carbonyl (C=O) groups excluding carboxylic acids is 1. The van der Waals surface area contributed by atoms with Crippen molar-refractivity contribution >= 4 is 5.91 Å². The first-order chi connectivity index (χ1) is 9.26. The number of hydrogen-bond donors (Lipinski definition) is 2. The molecule has 1 heterocycles. The Labute approximate surface area is 114 Å². The molecule has 0 bridgehead atoms. The van der Waals surface area contributed by atoms with Gasteiger partial charge in [0.1, 0.15) is 0 Å². The van der Waals surface area contributed by atoms with Crippen molar-refractivity contribution in [3.8, 4) is 0 Å². The van der Waals surface area contributed by atoms with Crippen molar-refractivity contribution < 1.29 is 4.79 Å². The second-order valence-corrected chi connectivity index (χ2v) is 5.88. The van der Waals surface area contributed by atoms with E-state index in [0.29, 0.717) is 18.5 Å². The van der Waals surface area contributed by atoms with Crippen molar-refractivity contribution in [2.24, 2.45) is 5.92 Å². The summed E-state index contributed by atoms with van der Waals surface area (Å²) < 4.78 is 2.13. The van der Waals surface area contributed by atoms with Crippen LogP contribution in [0.2, 0.25) is 0 Å². The summed E-state index contributed by atoms with van der Waals surface area (Å²) in [5.74, 6) is 0.990. The van der Waals surface area contributed by atoms with E-state index in [1.54, 1.807) is 0 Å². The molecule has 19 heavy (non-hydrogen) atoms. The fourth-order valence-electron chi connectivity index (χ4n) is 2.64. The second kappa shape index (κ2) is 5.37. The molecule has 2 aliphatic carbocycles. The van der Waals surface area contributed by atoms with Gasteiger partial charge in [0, 0.05) is 37.4 Å². The van der Waals surface area contributed by atoms with Crippen molar-refractivity contribution in [1.29, 1.82) is 0 Å². The quantitative estimate of drug-likeness (QED) is 0.786. The van der Waals surface area contributed by atoms with E-state index in [-0.39, 0.29) is 5.91 Å². The first-order valence-electron chi connectivity index (χ1n) is 7.38. The molecule has 0 saturated heterocycles. The Balaban J connectivity index is 1.50. The summed E-state index contributed by atoms with van der Waals surface area (Å²) in [5.41, 5.74) is 1.35. The first kappa shape index (κ1) is 12.7. The molecule has 4 nitrogen and oxygen atoms in total. The lowest BCUT2D eigenvalue weighted by molar-refractivity contribution is -0.121. The summed E-state index contributed by atoms with van der Waals surface area (Å²) in [7, 11) is 2.03. The van der Waals surface area contributed by atoms with Crippen LogP contribution < -0.4 is 10.6 Å². The van der Waals surface area contributed by atoms with E-state index >= 15 is 0 Å². The first-order valence-corrected chi connectivity index (χ1v) is 7.38. The topological polar surface area (TPSA) is 46.1 Å². The molecular weight excluding hydrogens is 238 g/mol. The molecule has 2 N–H and O–H groups in total. The molecule has 4 heteroatoms. The van der Waals surface area contributed by atoms with E-state index in [1.165, 1.54) is 18.4 Å². The van der Waals surface area contributed by atoms with Crippen LogP contribution in [-0.2, 0) is 11.3 Å². The predicted molar refractivity (Wildman–Crippen MR) is 74.7 cm³/mol. The van der Waals surface area contributed by atoms with Crippen LogP contribution in [0.1, 0.15) is 43.7 Å². The van der Waals surface area contributed by atoms with E-state index in [4.69, 9.17) is 0 Å². The summed E-state index contributed by atoms with van der Waals surface area (Å²) in [6.45, 7) is 0.777. The van der Waals surface area contributed by atoms with E-state index < -0.39 is 0 Å². The van der Waals surface area contributed by atoms with Crippen LogP contribution in [0.25, 0.3) is 0 Å². The van der Waals surface area contributed by atoms with Crippen molar-refractivity contribution in [3.63, 3.8) is 0 Å². The third kappa shape index (κ3) is 3.38. The maximum atomic E-state index is 11.6. The SMILES string of the molecule is CNC(c1ccn(CCC(=O)NC2CC2)c1)C1CC1. The van der Waals surface area contributed by atoms with Gasteiger partial charge in [-0.2, -0.15) is 0 Å². The number of nitrogens with one attached hydrogen (secondary N) is 2. The lowest BCUT2D eigenvalue weighted by atomic mass is 10.1. The molecule has 2 fully saturated rings. The van der Waals surface area contributed by atoms with Gasteiger partial charge in [0.25, 0.3) is 0 Å². The van der Waals surface area contributed by atoms with Crippen LogP contribution in [0.15, 0.2) is 18.5 Å². The zero-order valence-electron chi connectivity index (χ0n) is 11.6.